The van der Waals surface area contributed by atoms with E-state index in [-0.39, 0.29) is 5.41 Å². The van der Waals surface area contributed by atoms with E-state index in [1.54, 1.807) is 15.2 Å². The molecule has 1 aliphatic rings. The molecule has 1 saturated heterocycles. The molecule has 1 aliphatic heterocycles. The minimum atomic E-state index is -3.63. The molecular formula is C24H30N4O2S. The zero-order chi connectivity index (χ0) is 22.1. The molecule has 7 heteroatoms. The van der Waals surface area contributed by atoms with Crippen molar-refractivity contribution in [2.75, 3.05) is 31.1 Å². The number of hydrogen-bond donors (Lipinski definition) is 0. The van der Waals surface area contributed by atoms with Crippen LogP contribution in [-0.4, -0.2) is 48.7 Å². The highest BCUT2D eigenvalue weighted by molar-refractivity contribution is 7.89. The van der Waals surface area contributed by atoms with Crippen molar-refractivity contribution in [3.63, 3.8) is 0 Å². The van der Waals surface area contributed by atoms with Gasteiger partial charge in [0, 0.05) is 43.5 Å². The Hall–Kier alpha value is -2.64. The lowest BCUT2D eigenvalue weighted by molar-refractivity contribution is 0.383. The third-order valence-corrected chi connectivity index (χ3v) is 7.50. The molecule has 2 aromatic carbocycles. The molecule has 0 N–H and O–H groups in total. The molecule has 0 aliphatic carbocycles. The number of anilines is 1. The van der Waals surface area contributed by atoms with Gasteiger partial charge in [0.1, 0.15) is 4.90 Å². The zero-order valence-electron chi connectivity index (χ0n) is 18.4. The molecule has 6 nitrogen and oxygen atoms in total. The van der Waals surface area contributed by atoms with Crippen molar-refractivity contribution in [2.45, 2.75) is 37.6 Å². The van der Waals surface area contributed by atoms with Crippen molar-refractivity contribution in [1.82, 2.24) is 14.1 Å². The van der Waals surface area contributed by atoms with Crippen molar-refractivity contribution in [2.24, 2.45) is 0 Å². The second kappa shape index (κ2) is 8.48. The number of hydrogen-bond acceptors (Lipinski definition) is 4. The SMILES string of the molecule is CC(C)(C)c1nn(Cc2ccccc2)cc1S(=O)(=O)N1CCN(c2ccccc2)CC1. The van der Waals surface area contributed by atoms with Crippen LogP contribution in [0.2, 0.25) is 0 Å². The molecule has 0 saturated carbocycles. The van der Waals surface area contributed by atoms with Crippen LogP contribution in [0.3, 0.4) is 0 Å². The standard InChI is InChI=1S/C24H30N4O2S/c1-24(2,3)23-22(19-27(25-23)18-20-10-6-4-7-11-20)31(29,30)28-16-14-26(15-17-28)21-12-8-5-9-13-21/h4-13,19H,14-18H2,1-3H3. The summed E-state index contributed by atoms with van der Waals surface area (Å²) >= 11 is 0. The number of rotatable bonds is 5. The van der Waals surface area contributed by atoms with Crippen molar-refractivity contribution >= 4 is 15.7 Å². The van der Waals surface area contributed by atoms with E-state index in [4.69, 9.17) is 5.10 Å². The lowest BCUT2D eigenvalue weighted by atomic mass is 9.92. The Bertz CT molecular complexity index is 1110. The van der Waals surface area contributed by atoms with Gasteiger partial charge in [0.05, 0.1) is 12.2 Å². The summed E-state index contributed by atoms with van der Waals surface area (Å²) in [4.78, 5) is 2.55. The highest BCUT2D eigenvalue weighted by Gasteiger charge is 2.35. The third kappa shape index (κ3) is 4.67. The fourth-order valence-corrected chi connectivity index (χ4v) is 5.70. The van der Waals surface area contributed by atoms with Crippen LogP contribution in [0.25, 0.3) is 0 Å². The molecule has 0 unspecified atom stereocenters. The van der Waals surface area contributed by atoms with E-state index < -0.39 is 10.0 Å². The number of sulfonamides is 1. The van der Waals surface area contributed by atoms with Gasteiger partial charge in [-0.15, -0.1) is 0 Å². The summed E-state index contributed by atoms with van der Waals surface area (Å²) < 4.78 is 30.6. The first-order chi connectivity index (χ1) is 14.7. The number of nitrogens with zero attached hydrogens (tertiary/aromatic N) is 4. The first kappa shape index (κ1) is 21.6. The van der Waals surface area contributed by atoms with E-state index in [9.17, 15) is 8.42 Å². The van der Waals surface area contributed by atoms with Crippen LogP contribution < -0.4 is 4.90 Å². The van der Waals surface area contributed by atoms with Crippen molar-refractivity contribution in [1.29, 1.82) is 0 Å². The molecule has 0 bridgehead atoms. The molecule has 0 atom stereocenters. The van der Waals surface area contributed by atoms with Gasteiger partial charge >= 0.3 is 0 Å². The molecule has 1 aromatic heterocycles. The Labute approximate surface area is 185 Å². The summed E-state index contributed by atoms with van der Waals surface area (Å²) in [7, 11) is -3.63. The minimum absolute atomic E-state index is 0.323. The Kier molecular flexibility index (Phi) is 5.90. The lowest BCUT2D eigenvalue weighted by Gasteiger charge is -2.35. The van der Waals surface area contributed by atoms with Crippen LogP contribution in [0.4, 0.5) is 5.69 Å². The van der Waals surface area contributed by atoms with Crippen LogP contribution in [0.1, 0.15) is 32.0 Å². The maximum absolute atomic E-state index is 13.6. The van der Waals surface area contributed by atoms with Crippen LogP contribution >= 0.6 is 0 Å². The van der Waals surface area contributed by atoms with Gasteiger partial charge in [0.25, 0.3) is 0 Å². The largest absolute Gasteiger partial charge is 0.369 e. The van der Waals surface area contributed by atoms with Gasteiger partial charge in [-0.1, -0.05) is 69.3 Å². The molecule has 31 heavy (non-hydrogen) atoms. The fourth-order valence-electron chi connectivity index (χ4n) is 3.93. The average molecular weight is 439 g/mol. The summed E-state index contributed by atoms with van der Waals surface area (Å²) in [5, 5.41) is 4.70. The van der Waals surface area contributed by atoms with E-state index in [2.05, 4.69) is 17.0 Å². The highest BCUT2D eigenvalue weighted by Crippen LogP contribution is 2.30. The van der Waals surface area contributed by atoms with Gasteiger partial charge < -0.3 is 4.90 Å². The molecular weight excluding hydrogens is 408 g/mol. The lowest BCUT2D eigenvalue weighted by Crippen LogP contribution is -2.48. The highest BCUT2D eigenvalue weighted by atomic mass is 32.2. The second-order valence-electron chi connectivity index (χ2n) is 9.00. The zero-order valence-corrected chi connectivity index (χ0v) is 19.2. The van der Waals surface area contributed by atoms with Crippen molar-refractivity contribution in [3.8, 4) is 0 Å². The summed E-state index contributed by atoms with van der Waals surface area (Å²) in [5.74, 6) is 0. The van der Waals surface area contributed by atoms with E-state index >= 15 is 0 Å². The summed E-state index contributed by atoms with van der Waals surface area (Å²) in [5.41, 5.74) is 2.46. The smallest absolute Gasteiger partial charge is 0.246 e. The summed E-state index contributed by atoms with van der Waals surface area (Å²) in [6, 6.07) is 20.1. The van der Waals surface area contributed by atoms with Gasteiger partial charge in [-0.3, -0.25) is 4.68 Å². The van der Waals surface area contributed by atoms with E-state index in [1.807, 2.05) is 69.3 Å². The quantitative estimate of drug-likeness (QED) is 0.609. The minimum Gasteiger partial charge on any atom is -0.369 e. The van der Waals surface area contributed by atoms with E-state index in [0.717, 1.165) is 11.3 Å². The average Bonchev–Trinajstić information content (AvgIpc) is 3.21. The maximum atomic E-state index is 13.6. The predicted octanol–water partition coefficient (Wildman–Crippen LogP) is 3.74. The Morgan fingerprint density at radius 1 is 0.871 bits per heavy atom. The van der Waals surface area contributed by atoms with Crippen LogP contribution in [0, 0.1) is 0 Å². The fraction of sp³-hybridized carbons (Fsp3) is 0.375. The van der Waals surface area contributed by atoms with Gasteiger partial charge in [-0.2, -0.15) is 9.40 Å². The first-order valence-corrected chi connectivity index (χ1v) is 12.1. The molecule has 1 fully saturated rings. The number of aromatic nitrogens is 2. The van der Waals surface area contributed by atoms with E-state index in [0.29, 0.717) is 43.3 Å². The van der Waals surface area contributed by atoms with Gasteiger partial charge in [0.15, 0.2) is 0 Å². The van der Waals surface area contributed by atoms with Crippen LogP contribution in [-0.2, 0) is 22.0 Å². The molecule has 164 valence electrons. The number of benzene rings is 2. The maximum Gasteiger partial charge on any atom is 0.246 e. The Balaban J connectivity index is 1.58. The monoisotopic (exact) mass is 438 g/mol. The molecule has 3 aromatic rings. The third-order valence-electron chi connectivity index (χ3n) is 5.60. The molecule has 2 heterocycles. The molecule has 0 spiro atoms. The Morgan fingerprint density at radius 3 is 2.03 bits per heavy atom. The van der Waals surface area contributed by atoms with Gasteiger partial charge in [-0.25, -0.2) is 8.42 Å². The Morgan fingerprint density at radius 2 is 1.45 bits per heavy atom. The number of piperazine rings is 1. The topological polar surface area (TPSA) is 58.4 Å². The van der Waals surface area contributed by atoms with Crippen molar-refractivity contribution < 1.29 is 8.42 Å². The van der Waals surface area contributed by atoms with Crippen LogP contribution in [0.15, 0.2) is 71.8 Å². The second-order valence-corrected chi connectivity index (χ2v) is 10.9. The van der Waals surface area contributed by atoms with Crippen LogP contribution in [0.5, 0.6) is 0 Å². The number of para-hydroxylation sites is 1. The van der Waals surface area contributed by atoms with Gasteiger partial charge in [0.2, 0.25) is 10.0 Å². The molecule has 4 rings (SSSR count). The first-order valence-electron chi connectivity index (χ1n) is 10.7. The summed E-state index contributed by atoms with van der Waals surface area (Å²) in [6.45, 7) is 8.84. The predicted molar refractivity (Wildman–Crippen MR) is 124 cm³/mol. The van der Waals surface area contributed by atoms with Crippen molar-refractivity contribution in [3.05, 3.63) is 78.1 Å². The summed E-state index contributed by atoms with van der Waals surface area (Å²) in [6.07, 6.45) is 1.70. The van der Waals surface area contributed by atoms with E-state index in [1.165, 1.54) is 0 Å². The van der Waals surface area contributed by atoms with Gasteiger partial charge in [-0.05, 0) is 17.7 Å². The molecule has 0 amide bonds. The molecule has 0 radical (unpaired) electrons. The normalized spacial score (nSPS) is 15.9.